The predicted molar refractivity (Wildman–Crippen MR) is 135 cm³/mol. The molecule has 2 aromatic rings. The number of hydrogen-bond acceptors (Lipinski definition) is 9. The number of nitrogens with zero attached hydrogens (tertiary/aromatic N) is 5. The Bertz CT molecular complexity index is 1150. The summed E-state index contributed by atoms with van der Waals surface area (Å²) in [4.78, 5) is 62.3. The molecule has 0 saturated heterocycles. The minimum atomic E-state index is -1.53. The number of nitrogens with one attached hydrogen (secondary N) is 4. The Kier molecular flexibility index (Phi) is 15.6. The van der Waals surface area contributed by atoms with Gasteiger partial charge in [0.15, 0.2) is 5.82 Å². The summed E-state index contributed by atoms with van der Waals surface area (Å²) in [6.07, 6.45) is 2.02. The standard InChI is InChI=1S/C14H15N8O4.C9H17NO3.K/c15-8(5-11(23)24)14(26)22-9(4-7-2-1-3-16-12(7)22)13(25)17-6-10-18-20-21-19-10;1-3-7(2)6-10-8(11)4-5-9(12)13;/h1-3,8-9,15H,4-6H2,(H,17,25)(H,23,24)(H,18,19,20,21);7H,3-6H2,1-2H3,(H,10,11)(H,12,13);/q-1;;+1. The zero-order valence-electron chi connectivity index (χ0n) is 22.6. The summed E-state index contributed by atoms with van der Waals surface area (Å²) < 4.78 is 0. The summed E-state index contributed by atoms with van der Waals surface area (Å²) in [7, 11) is 0. The van der Waals surface area contributed by atoms with E-state index in [2.05, 4.69) is 36.2 Å². The van der Waals surface area contributed by atoms with Crippen molar-refractivity contribution < 1.29 is 85.6 Å². The van der Waals surface area contributed by atoms with E-state index in [-0.39, 0.29) is 94.7 Å². The van der Waals surface area contributed by atoms with Gasteiger partial charge in [0.1, 0.15) is 11.9 Å². The molecule has 17 heteroatoms. The Hall–Kier alpha value is -2.83. The van der Waals surface area contributed by atoms with Crippen molar-refractivity contribution in [1.29, 1.82) is 0 Å². The summed E-state index contributed by atoms with van der Waals surface area (Å²) in [6, 6.07) is 0.941. The number of hydrogen-bond donors (Lipinski definition) is 5. The van der Waals surface area contributed by atoms with Gasteiger partial charge in [-0.15, -0.1) is 10.2 Å². The number of H-pyrrole nitrogens is 1. The molecule has 0 radical (unpaired) electrons. The minimum absolute atomic E-state index is 0. The third kappa shape index (κ3) is 11.3. The maximum absolute atomic E-state index is 12.6. The number of carboxylic acids is 2. The molecule has 1 aliphatic rings. The smallest absolute Gasteiger partial charge is 0.666 e. The monoisotopic (exact) mass is 585 g/mol. The Balaban J connectivity index is 0.000000489. The molecule has 3 amide bonds. The third-order valence-corrected chi connectivity index (χ3v) is 5.76. The van der Waals surface area contributed by atoms with Crippen molar-refractivity contribution in [3.8, 4) is 0 Å². The number of pyridine rings is 1. The Morgan fingerprint density at radius 3 is 2.50 bits per heavy atom. The summed E-state index contributed by atoms with van der Waals surface area (Å²) in [5, 5.41) is 35.5. The zero-order valence-corrected chi connectivity index (χ0v) is 25.7. The number of carboxylic acid groups (broad SMARTS) is 2. The van der Waals surface area contributed by atoms with Gasteiger partial charge in [0, 0.05) is 32.0 Å². The Morgan fingerprint density at radius 2 is 1.90 bits per heavy atom. The molecule has 3 atom stereocenters. The van der Waals surface area contributed by atoms with Crippen LogP contribution < -0.4 is 66.9 Å². The molecule has 0 aliphatic carbocycles. The van der Waals surface area contributed by atoms with E-state index in [1.54, 1.807) is 12.1 Å². The first-order valence-electron chi connectivity index (χ1n) is 12.2. The normalized spacial score (nSPS) is 14.9. The van der Waals surface area contributed by atoms with Gasteiger partial charge in [-0.2, -0.15) is 5.21 Å². The molecule has 3 rings (SSSR count). The van der Waals surface area contributed by atoms with Crippen LogP contribution in [0.3, 0.4) is 0 Å². The quantitative estimate of drug-likeness (QED) is 0.158. The number of aliphatic carboxylic acids is 2. The van der Waals surface area contributed by atoms with Crippen molar-refractivity contribution in [3.05, 3.63) is 35.5 Å². The van der Waals surface area contributed by atoms with Crippen LogP contribution in [0.5, 0.6) is 0 Å². The second-order valence-electron chi connectivity index (χ2n) is 8.82. The van der Waals surface area contributed by atoms with Crippen LogP contribution in [0.15, 0.2) is 18.3 Å². The molecule has 212 valence electrons. The van der Waals surface area contributed by atoms with Crippen molar-refractivity contribution in [2.24, 2.45) is 5.92 Å². The van der Waals surface area contributed by atoms with Crippen LogP contribution in [0.4, 0.5) is 5.82 Å². The van der Waals surface area contributed by atoms with Gasteiger partial charge in [0.2, 0.25) is 17.7 Å². The van der Waals surface area contributed by atoms with Crippen LogP contribution in [0, 0.1) is 5.92 Å². The molecular weight excluding hydrogens is 553 g/mol. The number of aromatic nitrogens is 5. The van der Waals surface area contributed by atoms with Gasteiger partial charge in [-0.3, -0.25) is 28.9 Å². The first-order chi connectivity index (χ1) is 18.5. The predicted octanol–water partition coefficient (Wildman–Crippen LogP) is -2.92. The number of aromatic amines is 1. The van der Waals surface area contributed by atoms with Gasteiger partial charge in [-0.1, -0.05) is 31.5 Å². The molecule has 0 aromatic carbocycles. The largest absolute Gasteiger partial charge is 1.00 e. The van der Waals surface area contributed by atoms with Crippen molar-refractivity contribution in [3.63, 3.8) is 0 Å². The summed E-state index contributed by atoms with van der Waals surface area (Å²) >= 11 is 0. The van der Waals surface area contributed by atoms with E-state index in [4.69, 9.17) is 15.9 Å². The van der Waals surface area contributed by atoms with E-state index < -0.39 is 42.3 Å². The number of fused-ring (bicyclic) bond motifs is 1. The second-order valence-corrected chi connectivity index (χ2v) is 8.82. The average Bonchev–Trinajstić information content (AvgIpc) is 3.56. The molecule has 3 heterocycles. The van der Waals surface area contributed by atoms with Crippen molar-refractivity contribution in [2.45, 2.75) is 64.6 Å². The van der Waals surface area contributed by atoms with Crippen LogP contribution in [-0.4, -0.2) is 84.1 Å². The first-order valence-corrected chi connectivity index (χ1v) is 12.2. The number of amides is 3. The van der Waals surface area contributed by atoms with Crippen molar-refractivity contribution in [1.82, 2.24) is 36.2 Å². The number of rotatable bonds is 12. The average molecular weight is 586 g/mol. The van der Waals surface area contributed by atoms with Crippen LogP contribution in [0.25, 0.3) is 5.73 Å². The fraction of sp³-hybridized carbons (Fsp3) is 0.522. The molecule has 0 fully saturated rings. The van der Waals surface area contributed by atoms with Crippen LogP contribution >= 0.6 is 0 Å². The summed E-state index contributed by atoms with van der Waals surface area (Å²) in [5.41, 5.74) is 8.47. The van der Waals surface area contributed by atoms with Gasteiger partial charge in [0.25, 0.3) is 0 Å². The first kappa shape index (κ1) is 35.2. The Morgan fingerprint density at radius 1 is 1.18 bits per heavy atom. The number of carbonyl (C=O) groups is 5. The van der Waals surface area contributed by atoms with E-state index in [1.165, 1.54) is 6.20 Å². The van der Waals surface area contributed by atoms with Gasteiger partial charge in [-0.05, 0) is 23.6 Å². The minimum Gasteiger partial charge on any atom is -0.666 e. The van der Waals surface area contributed by atoms with Gasteiger partial charge in [-0.25, -0.2) is 4.98 Å². The third-order valence-electron chi connectivity index (χ3n) is 5.76. The van der Waals surface area contributed by atoms with E-state index >= 15 is 0 Å². The van der Waals surface area contributed by atoms with Gasteiger partial charge in [0.05, 0.1) is 13.0 Å². The molecule has 3 unspecified atom stereocenters. The summed E-state index contributed by atoms with van der Waals surface area (Å²) in [5.74, 6) is -2.66. The van der Waals surface area contributed by atoms with Crippen LogP contribution in [0.1, 0.15) is 50.9 Å². The fourth-order valence-corrected chi connectivity index (χ4v) is 3.43. The topological polar surface area (TPSA) is 244 Å². The molecule has 6 N–H and O–H groups in total. The molecule has 1 aliphatic heterocycles. The van der Waals surface area contributed by atoms with Crippen molar-refractivity contribution in [2.75, 3.05) is 11.4 Å². The molecule has 40 heavy (non-hydrogen) atoms. The van der Waals surface area contributed by atoms with E-state index in [0.29, 0.717) is 18.0 Å². The van der Waals surface area contributed by atoms with Gasteiger partial charge < -0.3 is 26.6 Å². The Labute approximate surface area is 272 Å². The van der Waals surface area contributed by atoms with E-state index in [0.717, 1.165) is 11.3 Å². The SMILES string of the molecule is CCC(C)CNC(=O)CCC(=O)O.[K+].[NH-]C(CC(=O)O)C(=O)N1c2ncccc2CC1C(=O)NCc1nn[nH]n1. The summed E-state index contributed by atoms with van der Waals surface area (Å²) in [6.45, 7) is 4.73. The van der Waals surface area contributed by atoms with Crippen LogP contribution in [-0.2, 0) is 36.9 Å². The maximum atomic E-state index is 12.6. The number of tetrazole rings is 1. The zero-order chi connectivity index (χ0) is 28.9. The van der Waals surface area contributed by atoms with Crippen molar-refractivity contribution >= 4 is 35.5 Å². The maximum Gasteiger partial charge on any atom is 1.00 e. The fourth-order valence-electron chi connectivity index (χ4n) is 3.43. The van der Waals surface area contributed by atoms with Gasteiger partial charge >= 0.3 is 63.3 Å². The van der Waals surface area contributed by atoms with Crippen LogP contribution in [0.2, 0.25) is 0 Å². The second kappa shape index (κ2) is 17.8. The molecule has 16 nitrogen and oxygen atoms in total. The molecule has 0 bridgehead atoms. The molecule has 0 saturated carbocycles. The molecule has 2 aromatic heterocycles. The van der Waals surface area contributed by atoms with E-state index in [9.17, 15) is 24.0 Å². The number of anilines is 1. The molecular formula is C23H32KN9O7. The van der Waals surface area contributed by atoms with E-state index in [1.807, 2.05) is 13.8 Å². The molecule has 0 spiro atoms. The number of carbonyl (C=O) groups excluding carboxylic acids is 3.